The smallest absolute Gasteiger partial charge is 0.0307 e. The van der Waals surface area contributed by atoms with E-state index in [-0.39, 0.29) is 7.55 Å². The maximum atomic E-state index is 2.34. The zero-order valence-electron chi connectivity index (χ0n) is 6.02. The van der Waals surface area contributed by atoms with Crippen molar-refractivity contribution in [2.75, 3.05) is 6.66 Å². The Hall–Kier alpha value is -0.220. The van der Waals surface area contributed by atoms with Gasteiger partial charge >= 0.3 is 0 Å². The molecule has 1 heteroatoms. The van der Waals surface area contributed by atoms with E-state index in [2.05, 4.69) is 37.4 Å². The Morgan fingerprint density at radius 3 is 2.78 bits per heavy atom. The van der Waals surface area contributed by atoms with Gasteiger partial charge < -0.3 is 0 Å². The molecule has 9 heavy (non-hydrogen) atoms. The molecule has 1 rings (SSSR count). The zero-order chi connectivity index (χ0) is 6.69. The lowest BCUT2D eigenvalue weighted by Gasteiger charge is -2.01. The van der Waals surface area contributed by atoms with Crippen LogP contribution in [0.3, 0.4) is 0 Å². The second-order valence-electron chi connectivity index (χ2n) is 2.34. The summed E-state index contributed by atoms with van der Waals surface area (Å²) in [4.78, 5) is 0. The van der Waals surface area contributed by atoms with E-state index in [4.69, 9.17) is 0 Å². The monoisotopic (exact) mass is 140 g/mol. The average molecular weight is 140 g/mol. The van der Waals surface area contributed by atoms with Gasteiger partial charge in [-0.25, -0.2) is 0 Å². The summed E-state index contributed by atoms with van der Waals surface area (Å²) in [5, 5.41) is 0. The SMILES string of the molecule is CCC1=CC=[PH](C)C=C1. The van der Waals surface area contributed by atoms with E-state index in [9.17, 15) is 0 Å². The standard InChI is InChI=1S/C8H13P/c1-3-8-4-6-9(2)7-5-8/h4-7,9H,3H2,1-2H3. The van der Waals surface area contributed by atoms with Crippen LogP contribution in [0.25, 0.3) is 0 Å². The first-order chi connectivity index (χ1) is 4.33. The summed E-state index contributed by atoms with van der Waals surface area (Å²) < 4.78 is 0. The van der Waals surface area contributed by atoms with Crippen LogP contribution >= 0.6 is 7.55 Å². The molecule has 0 aromatic rings. The Labute approximate surface area is 57.7 Å². The first kappa shape index (κ1) is 6.89. The first-order valence-corrected chi connectivity index (χ1v) is 5.54. The number of allylic oxidation sites excluding steroid dienone is 3. The van der Waals surface area contributed by atoms with Crippen molar-refractivity contribution in [3.8, 4) is 0 Å². The van der Waals surface area contributed by atoms with Crippen LogP contribution < -0.4 is 0 Å². The Morgan fingerprint density at radius 2 is 2.33 bits per heavy atom. The maximum absolute atomic E-state index is 2.34. The largest absolute Gasteiger partial charge is 0.100 e. The molecule has 0 aliphatic carbocycles. The molecule has 0 saturated carbocycles. The van der Waals surface area contributed by atoms with Crippen molar-refractivity contribution in [2.45, 2.75) is 13.3 Å². The molecule has 0 amide bonds. The highest BCUT2D eigenvalue weighted by atomic mass is 31.1. The summed E-state index contributed by atoms with van der Waals surface area (Å²) in [6.45, 7) is 4.49. The number of hydrogen-bond donors (Lipinski definition) is 0. The van der Waals surface area contributed by atoms with Crippen LogP contribution in [0, 0.1) is 0 Å². The molecule has 0 spiro atoms. The first-order valence-electron chi connectivity index (χ1n) is 3.38. The van der Waals surface area contributed by atoms with Crippen LogP contribution in [0.15, 0.2) is 23.5 Å². The molecule has 0 aromatic carbocycles. The predicted octanol–water partition coefficient (Wildman–Crippen LogP) is 2.50. The van der Waals surface area contributed by atoms with Gasteiger partial charge in [-0.3, -0.25) is 0 Å². The van der Waals surface area contributed by atoms with Crippen LogP contribution in [0.2, 0.25) is 0 Å². The Balaban J connectivity index is 2.75. The van der Waals surface area contributed by atoms with E-state index >= 15 is 0 Å². The van der Waals surface area contributed by atoms with Crippen molar-refractivity contribution >= 4 is 13.3 Å². The molecule has 0 nitrogen and oxygen atoms in total. The summed E-state index contributed by atoms with van der Waals surface area (Å²) in [7, 11) is -0.217. The topological polar surface area (TPSA) is 0 Å². The lowest BCUT2D eigenvalue weighted by atomic mass is 10.2. The average Bonchev–Trinajstić information content (AvgIpc) is 1.90. The molecule has 0 saturated heterocycles. The van der Waals surface area contributed by atoms with Crippen LogP contribution in [0.4, 0.5) is 0 Å². The summed E-state index contributed by atoms with van der Waals surface area (Å²) in [6, 6.07) is 0. The van der Waals surface area contributed by atoms with Crippen molar-refractivity contribution in [1.29, 1.82) is 0 Å². The molecule has 0 aromatic heterocycles. The molecule has 1 atom stereocenters. The van der Waals surface area contributed by atoms with Gasteiger partial charge in [0.05, 0.1) is 0 Å². The molecule has 0 radical (unpaired) electrons. The van der Waals surface area contributed by atoms with E-state index in [1.807, 2.05) is 0 Å². The molecular formula is C8H13P. The van der Waals surface area contributed by atoms with Gasteiger partial charge in [-0.15, -0.1) is 7.55 Å². The molecule has 0 N–H and O–H groups in total. The van der Waals surface area contributed by atoms with E-state index in [1.165, 1.54) is 12.0 Å². The minimum atomic E-state index is -0.217. The summed E-state index contributed by atoms with van der Waals surface area (Å²) >= 11 is 0. The van der Waals surface area contributed by atoms with Gasteiger partial charge in [-0.2, -0.15) is 0 Å². The fourth-order valence-corrected chi connectivity index (χ4v) is 1.89. The van der Waals surface area contributed by atoms with Crippen LogP contribution in [-0.4, -0.2) is 12.5 Å². The highest BCUT2D eigenvalue weighted by molar-refractivity contribution is 7.60. The Bertz CT molecular complexity index is 185. The molecule has 0 bridgehead atoms. The summed E-state index contributed by atoms with van der Waals surface area (Å²) in [5.41, 5.74) is 1.46. The molecule has 1 unspecified atom stereocenters. The zero-order valence-corrected chi connectivity index (χ0v) is 7.02. The van der Waals surface area contributed by atoms with Crippen molar-refractivity contribution < 1.29 is 0 Å². The second kappa shape index (κ2) is 3.08. The van der Waals surface area contributed by atoms with Gasteiger partial charge in [0.25, 0.3) is 0 Å². The lowest BCUT2D eigenvalue weighted by molar-refractivity contribution is 1.15. The van der Waals surface area contributed by atoms with Crippen LogP contribution in [0.5, 0.6) is 0 Å². The second-order valence-corrected chi connectivity index (χ2v) is 4.49. The fraction of sp³-hybridized carbons (Fsp3) is 0.375. The third kappa shape index (κ3) is 1.87. The van der Waals surface area contributed by atoms with Crippen LogP contribution in [0.1, 0.15) is 13.3 Å². The van der Waals surface area contributed by atoms with Crippen molar-refractivity contribution in [1.82, 2.24) is 0 Å². The van der Waals surface area contributed by atoms with Crippen molar-refractivity contribution in [3.63, 3.8) is 0 Å². The molecule has 1 aliphatic heterocycles. The minimum Gasteiger partial charge on any atom is -0.100 e. The van der Waals surface area contributed by atoms with Crippen LogP contribution in [-0.2, 0) is 0 Å². The molecule has 50 valence electrons. The minimum absolute atomic E-state index is 0.217. The van der Waals surface area contributed by atoms with Gasteiger partial charge in [0.2, 0.25) is 0 Å². The Morgan fingerprint density at radius 1 is 1.56 bits per heavy atom. The van der Waals surface area contributed by atoms with E-state index in [0.29, 0.717) is 0 Å². The van der Waals surface area contributed by atoms with E-state index in [1.54, 1.807) is 0 Å². The maximum Gasteiger partial charge on any atom is -0.0307 e. The molecule has 0 fully saturated rings. The normalized spacial score (nSPS) is 25.1. The Kier molecular flexibility index (Phi) is 2.36. The lowest BCUT2D eigenvalue weighted by Crippen LogP contribution is -1.78. The summed E-state index contributed by atoms with van der Waals surface area (Å²) in [6.07, 6.45) is 5.69. The number of rotatable bonds is 1. The third-order valence-corrected chi connectivity index (χ3v) is 2.91. The highest BCUT2D eigenvalue weighted by Gasteiger charge is 1.89. The van der Waals surface area contributed by atoms with Gasteiger partial charge in [0.15, 0.2) is 0 Å². The van der Waals surface area contributed by atoms with Gasteiger partial charge in [-0.1, -0.05) is 30.7 Å². The number of hydrogen-bond acceptors (Lipinski definition) is 0. The third-order valence-electron chi connectivity index (χ3n) is 1.53. The van der Waals surface area contributed by atoms with E-state index < -0.39 is 0 Å². The summed E-state index contributed by atoms with van der Waals surface area (Å²) in [5.74, 6) is 4.67. The van der Waals surface area contributed by atoms with Gasteiger partial charge in [0, 0.05) is 0 Å². The molecular weight excluding hydrogens is 127 g/mol. The van der Waals surface area contributed by atoms with Gasteiger partial charge in [0.1, 0.15) is 0 Å². The predicted molar refractivity (Wildman–Crippen MR) is 47.8 cm³/mol. The molecule has 1 heterocycles. The van der Waals surface area contributed by atoms with Crippen molar-refractivity contribution in [3.05, 3.63) is 23.5 Å². The molecule has 1 aliphatic rings. The van der Waals surface area contributed by atoms with Crippen molar-refractivity contribution in [2.24, 2.45) is 0 Å². The fourth-order valence-electron chi connectivity index (χ4n) is 0.824. The van der Waals surface area contributed by atoms with E-state index in [0.717, 1.165) is 0 Å². The van der Waals surface area contributed by atoms with Gasteiger partial charge in [-0.05, 0) is 18.7 Å². The quantitative estimate of drug-likeness (QED) is 0.491. The highest BCUT2D eigenvalue weighted by Crippen LogP contribution is 2.23.